The van der Waals surface area contributed by atoms with Gasteiger partial charge in [0.1, 0.15) is 0 Å². The van der Waals surface area contributed by atoms with E-state index in [1.807, 2.05) is 34.8 Å². The molecular formula is C42H29N5. The van der Waals surface area contributed by atoms with Crippen LogP contribution in [0.25, 0.3) is 77.9 Å². The van der Waals surface area contributed by atoms with E-state index in [1.165, 1.54) is 38.5 Å². The number of hydrogen-bond acceptors (Lipinski definition) is 3. The summed E-state index contributed by atoms with van der Waals surface area (Å²) in [4.78, 5) is 10.2. The molecule has 47 heavy (non-hydrogen) atoms. The standard InChI is InChI=1S/C42H29N5/c1-42(2)32-20-10-6-16-27(32)28-24-25-36-37(38(28)42)29-17-7-11-21-33(29)46(36)34-22-12-9-19-31(34)40-44-41-43-39(26-14-4-3-5-15-26)30-18-8-13-23-35(30)47(41)45-40/h3-25H,1-2H3. The quantitative estimate of drug-likeness (QED) is 0.202. The van der Waals surface area contributed by atoms with Gasteiger partial charge < -0.3 is 4.57 Å². The minimum Gasteiger partial charge on any atom is -0.308 e. The molecule has 9 aromatic rings. The van der Waals surface area contributed by atoms with Gasteiger partial charge in [0, 0.05) is 32.7 Å². The van der Waals surface area contributed by atoms with Gasteiger partial charge in [0.2, 0.25) is 0 Å². The minimum absolute atomic E-state index is 0.133. The zero-order valence-electron chi connectivity index (χ0n) is 26.0. The van der Waals surface area contributed by atoms with Crippen LogP contribution in [-0.2, 0) is 5.41 Å². The number of nitrogens with zero attached hydrogens (tertiary/aromatic N) is 5. The smallest absolute Gasteiger partial charge is 0.253 e. The van der Waals surface area contributed by atoms with Crippen LogP contribution in [0.2, 0.25) is 0 Å². The van der Waals surface area contributed by atoms with E-state index in [4.69, 9.17) is 15.1 Å². The lowest BCUT2D eigenvalue weighted by atomic mass is 9.80. The van der Waals surface area contributed by atoms with Crippen molar-refractivity contribution in [1.29, 1.82) is 0 Å². The monoisotopic (exact) mass is 603 g/mol. The topological polar surface area (TPSA) is 48.0 Å². The van der Waals surface area contributed by atoms with E-state index in [2.05, 4.69) is 128 Å². The molecule has 0 N–H and O–H groups in total. The second kappa shape index (κ2) is 9.47. The summed E-state index contributed by atoms with van der Waals surface area (Å²) < 4.78 is 4.28. The Morgan fingerprint density at radius 1 is 0.532 bits per heavy atom. The van der Waals surface area contributed by atoms with Crippen molar-refractivity contribution in [3.05, 3.63) is 151 Å². The Balaban J connectivity index is 1.24. The maximum Gasteiger partial charge on any atom is 0.253 e. The van der Waals surface area contributed by atoms with Gasteiger partial charge in [-0.25, -0.2) is 4.98 Å². The van der Waals surface area contributed by atoms with Crippen molar-refractivity contribution in [2.24, 2.45) is 0 Å². The van der Waals surface area contributed by atoms with Gasteiger partial charge >= 0.3 is 0 Å². The van der Waals surface area contributed by atoms with E-state index >= 15 is 0 Å². The first kappa shape index (κ1) is 26.2. The van der Waals surface area contributed by atoms with E-state index in [0.717, 1.165) is 38.9 Å². The fourth-order valence-electron chi connectivity index (χ4n) is 7.94. The van der Waals surface area contributed by atoms with Crippen molar-refractivity contribution in [2.45, 2.75) is 19.3 Å². The molecule has 0 saturated carbocycles. The van der Waals surface area contributed by atoms with E-state index in [0.29, 0.717) is 11.6 Å². The van der Waals surface area contributed by atoms with Crippen LogP contribution >= 0.6 is 0 Å². The fraction of sp³-hybridized carbons (Fsp3) is 0.0714. The Morgan fingerprint density at radius 3 is 2.06 bits per heavy atom. The first-order valence-electron chi connectivity index (χ1n) is 16.1. The number of rotatable bonds is 3. The molecule has 3 aromatic heterocycles. The highest BCUT2D eigenvalue weighted by molar-refractivity contribution is 6.14. The van der Waals surface area contributed by atoms with Gasteiger partial charge in [-0.3, -0.25) is 0 Å². The van der Waals surface area contributed by atoms with Gasteiger partial charge in [-0.2, -0.15) is 9.50 Å². The summed E-state index contributed by atoms with van der Waals surface area (Å²) in [5, 5.41) is 8.70. The Morgan fingerprint density at radius 2 is 1.21 bits per heavy atom. The molecule has 0 radical (unpaired) electrons. The van der Waals surface area contributed by atoms with Crippen molar-refractivity contribution < 1.29 is 0 Å². The van der Waals surface area contributed by atoms with Crippen molar-refractivity contribution in [1.82, 2.24) is 24.1 Å². The van der Waals surface area contributed by atoms with Crippen LogP contribution in [0.3, 0.4) is 0 Å². The fourth-order valence-corrected chi connectivity index (χ4v) is 7.94. The maximum absolute atomic E-state index is 5.11. The van der Waals surface area contributed by atoms with Crippen LogP contribution in [0.5, 0.6) is 0 Å². The molecule has 0 atom stereocenters. The summed E-state index contributed by atoms with van der Waals surface area (Å²) in [7, 11) is 0. The number of aromatic nitrogens is 5. The van der Waals surface area contributed by atoms with E-state index < -0.39 is 0 Å². The second-order valence-electron chi connectivity index (χ2n) is 12.9. The van der Waals surface area contributed by atoms with Crippen molar-refractivity contribution in [3.8, 4) is 39.5 Å². The molecule has 0 bridgehead atoms. The van der Waals surface area contributed by atoms with Crippen LogP contribution < -0.4 is 0 Å². The van der Waals surface area contributed by atoms with Gasteiger partial charge in [0.15, 0.2) is 5.82 Å². The highest BCUT2D eigenvalue weighted by atomic mass is 15.3. The SMILES string of the molecule is CC1(C)c2ccccc2-c2ccc3c(c21)c1ccccc1n3-c1ccccc1-c1nc2nc(-c3ccccc3)c3ccccc3n2n1. The zero-order valence-corrected chi connectivity index (χ0v) is 26.0. The highest BCUT2D eigenvalue weighted by Crippen LogP contribution is 2.53. The lowest BCUT2D eigenvalue weighted by molar-refractivity contribution is 0.666. The van der Waals surface area contributed by atoms with Crippen LogP contribution in [0, 0.1) is 0 Å². The lowest BCUT2D eigenvalue weighted by Crippen LogP contribution is -2.15. The van der Waals surface area contributed by atoms with Crippen LogP contribution in [0.4, 0.5) is 0 Å². The Hall–Kier alpha value is -6.07. The molecule has 10 rings (SSSR count). The second-order valence-corrected chi connectivity index (χ2v) is 12.9. The van der Waals surface area contributed by atoms with Gasteiger partial charge in [-0.05, 0) is 52.6 Å². The molecule has 1 aliphatic carbocycles. The van der Waals surface area contributed by atoms with Crippen LogP contribution in [0.15, 0.2) is 140 Å². The van der Waals surface area contributed by atoms with Crippen molar-refractivity contribution >= 4 is 38.5 Å². The zero-order chi connectivity index (χ0) is 31.3. The summed E-state index contributed by atoms with van der Waals surface area (Å²) >= 11 is 0. The van der Waals surface area contributed by atoms with Gasteiger partial charge in [0.05, 0.1) is 27.9 Å². The van der Waals surface area contributed by atoms with Crippen LogP contribution in [-0.4, -0.2) is 24.1 Å². The molecule has 0 spiro atoms. The van der Waals surface area contributed by atoms with Crippen LogP contribution in [0.1, 0.15) is 25.0 Å². The average molecular weight is 604 g/mol. The third-order valence-corrected chi connectivity index (χ3v) is 9.98. The summed E-state index contributed by atoms with van der Waals surface area (Å²) in [5.41, 5.74) is 12.5. The largest absolute Gasteiger partial charge is 0.308 e. The van der Waals surface area contributed by atoms with E-state index in [-0.39, 0.29) is 5.41 Å². The number of benzene rings is 6. The molecular weight excluding hydrogens is 574 g/mol. The normalized spacial score (nSPS) is 13.5. The van der Waals surface area contributed by atoms with Crippen molar-refractivity contribution in [3.63, 3.8) is 0 Å². The molecule has 0 fully saturated rings. The molecule has 3 heterocycles. The van der Waals surface area contributed by atoms with Gasteiger partial charge in [0.25, 0.3) is 5.78 Å². The lowest BCUT2D eigenvalue weighted by Gasteiger charge is -2.22. The summed E-state index contributed by atoms with van der Waals surface area (Å²) in [6.07, 6.45) is 0. The summed E-state index contributed by atoms with van der Waals surface area (Å²) in [6.45, 7) is 4.72. The first-order valence-corrected chi connectivity index (χ1v) is 16.1. The molecule has 222 valence electrons. The Labute approximate surface area is 271 Å². The maximum atomic E-state index is 5.11. The molecule has 0 aliphatic heterocycles. The van der Waals surface area contributed by atoms with Gasteiger partial charge in [-0.15, -0.1) is 5.10 Å². The number of hydrogen-bond donors (Lipinski definition) is 0. The summed E-state index contributed by atoms with van der Waals surface area (Å²) in [5.74, 6) is 1.22. The number of para-hydroxylation sites is 3. The molecule has 1 aliphatic rings. The number of fused-ring (bicyclic) bond motifs is 10. The van der Waals surface area contributed by atoms with Crippen molar-refractivity contribution in [2.75, 3.05) is 0 Å². The third-order valence-electron chi connectivity index (χ3n) is 9.98. The van der Waals surface area contributed by atoms with E-state index in [9.17, 15) is 0 Å². The van der Waals surface area contributed by atoms with E-state index in [1.54, 1.807) is 0 Å². The average Bonchev–Trinajstić information content (AvgIpc) is 3.77. The third kappa shape index (κ3) is 3.57. The predicted molar refractivity (Wildman–Crippen MR) is 191 cm³/mol. The first-order chi connectivity index (χ1) is 23.1. The molecule has 6 aromatic carbocycles. The molecule has 5 heteroatoms. The molecule has 5 nitrogen and oxygen atoms in total. The highest BCUT2D eigenvalue weighted by Gasteiger charge is 2.38. The molecule has 0 saturated heterocycles. The Bertz CT molecular complexity index is 2710. The molecule has 0 amide bonds. The minimum atomic E-state index is -0.133. The van der Waals surface area contributed by atoms with Gasteiger partial charge in [-0.1, -0.05) is 123 Å². The summed E-state index contributed by atoms with van der Waals surface area (Å²) in [6, 6.07) is 49.3. The Kier molecular flexibility index (Phi) is 5.28. The predicted octanol–water partition coefficient (Wildman–Crippen LogP) is 10.0. The molecule has 0 unspecified atom stereocenters.